The van der Waals surface area contributed by atoms with Crippen LogP contribution in [0, 0.1) is 0 Å². The molecule has 0 saturated carbocycles. The second-order valence-corrected chi connectivity index (χ2v) is 3.66. The predicted molar refractivity (Wildman–Crippen MR) is 57.0 cm³/mol. The Morgan fingerprint density at radius 2 is 2.46 bits per heavy atom. The van der Waals surface area contributed by atoms with Crippen LogP contribution >= 0.6 is 11.3 Å². The maximum atomic E-state index is 11.1. The monoisotopic (exact) mass is 195 g/mol. The maximum Gasteiger partial charge on any atom is 0.170 e. The van der Waals surface area contributed by atoms with E-state index in [4.69, 9.17) is 5.73 Å². The molecule has 0 bridgehead atoms. The molecule has 1 aromatic heterocycles. The van der Waals surface area contributed by atoms with E-state index >= 15 is 0 Å². The first kappa shape index (κ1) is 10.2. The summed E-state index contributed by atoms with van der Waals surface area (Å²) in [5.74, 6) is 0.127. The first-order valence-corrected chi connectivity index (χ1v) is 5.08. The number of rotatable bonds is 4. The Kier molecular flexibility index (Phi) is 3.86. The normalized spacial score (nSPS) is 10.9. The van der Waals surface area contributed by atoms with Crippen molar-refractivity contribution in [2.24, 2.45) is 5.73 Å². The summed E-state index contributed by atoms with van der Waals surface area (Å²) in [6.07, 6.45) is 4.81. The highest BCUT2D eigenvalue weighted by molar-refractivity contribution is 7.12. The van der Waals surface area contributed by atoms with E-state index in [1.165, 1.54) is 11.3 Å². The smallest absolute Gasteiger partial charge is 0.170 e. The zero-order valence-corrected chi connectivity index (χ0v) is 8.43. The van der Waals surface area contributed by atoms with E-state index in [2.05, 4.69) is 0 Å². The minimum absolute atomic E-state index is 0.127. The van der Waals surface area contributed by atoms with Crippen molar-refractivity contribution in [3.8, 4) is 0 Å². The van der Waals surface area contributed by atoms with Crippen LogP contribution in [0.1, 0.15) is 28.6 Å². The molecule has 1 aromatic rings. The molecule has 3 heteroatoms. The molecule has 0 fully saturated rings. The number of carbonyl (C=O) groups excluding carboxylic acids is 1. The van der Waals surface area contributed by atoms with E-state index in [1.54, 1.807) is 6.92 Å². The van der Waals surface area contributed by atoms with Gasteiger partial charge in [0.1, 0.15) is 0 Å². The molecule has 0 aliphatic carbocycles. The summed E-state index contributed by atoms with van der Waals surface area (Å²) in [4.78, 5) is 11.9. The topological polar surface area (TPSA) is 43.1 Å². The van der Waals surface area contributed by atoms with Crippen LogP contribution in [-0.2, 0) is 0 Å². The Morgan fingerprint density at radius 1 is 1.69 bits per heavy atom. The van der Waals surface area contributed by atoms with Gasteiger partial charge in [0.2, 0.25) is 0 Å². The third-order valence-electron chi connectivity index (χ3n) is 1.65. The van der Waals surface area contributed by atoms with Crippen molar-refractivity contribution < 1.29 is 4.79 Å². The quantitative estimate of drug-likeness (QED) is 0.749. The summed E-state index contributed by atoms with van der Waals surface area (Å²) >= 11 is 1.48. The summed E-state index contributed by atoms with van der Waals surface area (Å²) in [5, 5.41) is 1.93. The number of carbonyl (C=O) groups is 1. The van der Waals surface area contributed by atoms with E-state index in [0.29, 0.717) is 6.54 Å². The third kappa shape index (κ3) is 2.79. The Balaban J connectivity index is 2.76. The fraction of sp³-hybridized carbons (Fsp3) is 0.300. The number of thiophene rings is 1. The van der Waals surface area contributed by atoms with Gasteiger partial charge in [-0.15, -0.1) is 11.3 Å². The van der Waals surface area contributed by atoms with Crippen molar-refractivity contribution in [3.05, 3.63) is 28.0 Å². The van der Waals surface area contributed by atoms with E-state index in [9.17, 15) is 4.79 Å². The summed E-state index contributed by atoms with van der Waals surface area (Å²) in [6.45, 7) is 2.24. The molecule has 0 saturated heterocycles. The number of ketones is 1. The molecule has 0 spiro atoms. The second-order valence-electron chi connectivity index (χ2n) is 2.74. The largest absolute Gasteiger partial charge is 0.330 e. The lowest BCUT2D eigenvalue weighted by atomic mass is 10.2. The number of hydrogen-bond acceptors (Lipinski definition) is 3. The van der Waals surface area contributed by atoms with Gasteiger partial charge < -0.3 is 5.73 Å². The van der Waals surface area contributed by atoms with Crippen molar-refractivity contribution in [1.82, 2.24) is 0 Å². The van der Waals surface area contributed by atoms with Crippen LogP contribution in [0.5, 0.6) is 0 Å². The van der Waals surface area contributed by atoms with Crippen molar-refractivity contribution in [2.75, 3.05) is 6.54 Å². The minimum Gasteiger partial charge on any atom is -0.330 e. The fourth-order valence-corrected chi connectivity index (χ4v) is 1.83. The van der Waals surface area contributed by atoms with Gasteiger partial charge in [0.15, 0.2) is 5.78 Å². The van der Waals surface area contributed by atoms with E-state index in [1.807, 2.05) is 23.6 Å². The predicted octanol–water partition coefficient (Wildman–Crippen LogP) is 2.31. The van der Waals surface area contributed by atoms with Gasteiger partial charge in [-0.05, 0) is 36.9 Å². The molecule has 70 valence electrons. The van der Waals surface area contributed by atoms with Crippen LogP contribution in [-0.4, -0.2) is 12.3 Å². The Hall–Kier alpha value is -0.930. The van der Waals surface area contributed by atoms with Crippen molar-refractivity contribution in [3.63, 3.8) is 0 Å². The van der Waals surface area contributed by atoms with Crippen LogP contribution in [0.15, 0.2) is 17.5 Å². The number of nitrogens with two attached hydrogens (primary N) is 1. The lowest BCUT2D eigenvalue weighted by Gasteiger charge is -1.92. The molecule has 2 nitrogen and oxygen atoms in total. The summed E-state index contributed by atoms with van der Waals surface area (Å²) in [5.41, 5.74) is 6.36. The molecule has 1 rings (SSSR count). The molecule has 0 amide bonds. The van der Waals surface area contributed by atoms with Crippen LogP contribution in [0.3, 0.4) is 0 Å². The lowest BCUT2D eigenvalue weighted by Crippen LogP contribution is -1.95. The van der Waals surface area contributed by atoms with Crippen molar-refractivity contribution in [2.45, 2.75) is 13.3 Å². The second kappa shape index (κ2) is 4.94. The van der Waals surface area contributed by atoms with Gasteiger partial charge in [-0.25, -0.2) is 0 Å². The van der Waals surface area contributed by atoms with Gasteiger partial charge in [-0.2, -0.15) is 0 Å². The number of Topliss-reactive ketones (excluding diaryl/α,β-unsaturated/α-hetero) is 1. The first-order chi connectivity index (χ1) is 6.25. The van der Waals surface area contributed by atoms with E-state index in [-0.39, 0.29) is 5.78 Å². The van der Waals surface area contributed by atoms with Crippen LogP contribution in [0.2, 0.25) is 0 Å². The molecule has 0 aliphatic heterocycles. The van der Waals surface area contributed by atoms with Gasteiger partial charge in [0.05, 0.1) is 4.88 Å². The molecular formula is C10H13NOS. The minimum atomic E-state index is 0.127. The molecule has 13 heavy (non-hydrogen) atoms. The summed E-state index contributed by atoms with van der Waals surface area (Å²) in [6, 6.07) is 1.95. The molecule has 0 unspecified atom stereocenters. The third-order valence-corrected chi connectivity index (χ3v) is 2.68. The van der Waals surface area contributed by atoms with Gasteiger partial charge in [-0.3, -0.25) is 4.79 Å². The summed E-state index contributed by atoms with van der Waals surface area (Å²) in [7, 11) is 0. The molecular weight excluding hydrogens is 182 g/mol. The highest BCUT2D eigenvalue weighted by Crippen LogP contribution is 2.18. The van der Waals surface area contributed by atoms with E-state index in [0.717, 1.165) is 16.9 Å². The maximum absolute atomic E-state index is 11.1. The standard InChI is InChI=1S/C10H13NOS/c1-8(12)10-9(5-7-13-10)4-2-3-6-11/h2,4-5,7H,3,6,11H2,1H3. The van der Waals surface area contributed by atoms with Gasteiger partial charge >= 0.3 is 0 Å². The zero-order valence-electron chi connectivity index (χ0n) is 7.62. The average molecular weight is 195 g/mol. The highest BCUT2D eigenvalue weighted by Gasteiger charge is 2.04. The van der Waals surface area contributed by atoms with Crippen LogP contribution < -0.4 is 5.73 Å². The van der Waals surface area contributed by atoms with Crippen LogP contribution in [0.25, 0.3) is 6.08 Å². The molecule has 0 aliphatic rings. The highest BCUT2D eigenvalue weighted by atomic mass is 32.1. The average Bonchev–Trinajstić information content (AvgIpc) is 2.53. The molecule has 2 N–H and O–H groups in total. The Labute approximate surface area is 82.1 Å². The lowest BCUT2D eigenvalue weighted by molar-refractivity contribution is 0.102. The summed E-state index contributed by atoms with van der Waals surface area (Å²) < 4.78 is 0. The zero-order chi connectivity index (χ0) is 9.68. The molecule has 1 heterocycles. The van der Waals surface area contributed by atoms with Gasteiger partial charge in [0, 0.05) is 0 Å². The SMILES string of the molecule is CC(=O)c1sccc1C=CCCN. The van der Waals surface area contributed by atoms with Gasteiger partial charge in [-0.1, -0.05) is 12.2 Å². The van der Waals surface area contributed by atoms with Gasteiger partial charge in [0.25, 0.3) is 0 Å². The first-order valence-electron chi connectivity index (χ1n) is 4.20. The van der Waals surface area contributed by atoms with Crippen molar-refractivity contribution >= 4 is 23.2 Å². The molecule has 0 atom stereocenters. The molecule has 0 aromatic carbocycles. The molecule has 0 radical (unpaired) electrons. The van der Waals surface area contributed by atoms with E-state index < -0.39 is 0 Å². The van der Waals surface area contributed by atoms with Crippen molar-refractivity contribution in [1.29, 1.82) is 0 Å². The Bertz CT molecular complexity index is 314. The number of hydrogen-bond donors (Lipinski definition) is 1. The fourth-order valence-electron chi connectivity index (χ4n) is 1.04. The van der Waals surface area contributed by atoms with Crippen LogP contribution in [0.4, 0.5) is 0 Å². The Morgan fingerprint density at radius 3 is 3.08 bits per heavy atom.